The molecular formula is C27H52O4Ti. The standard InChI is InChI=1S/C18H35O.2C3H5O.C3H7.O.Ti/c1-18(2)16-14-12-10-8-6-4-3-5-7-9-11-13-15-17-19;2*1-2-3-4;1-3-2;;/h18H,3-16H2,1-2H3;2*2H,1,3H2;3H,1-2H3;;/q;2*-1;;;+2. The maximum atomic E-state index is 13.9. The van der Waals surface area contributed by atoms with E-state index in [0.717, 1.165) is 25.2 Å². The van der Waals surface area contributed by atoms with Crippen LogP contribution in [0.15, 0.2) is 25.3 Å². The Kier molecular flexibility index (Phi) is 17.7. The second kappa shape index (κ2) is 18.0. The van der Waals surface area contributed by atoms with Crippen molar-refractivity contribution in [3.05, 3.63) is 25.3 Å². The van der Waals surface area contributed by atoms with E-state index in [4.69, 9.17) is 6.64 Å². The summed E-state index contributed by atoms with van der Waals surface area (Å²) in [5.74, 6) is 0.839. The Morgan fingerprint density at radius 3 is 1.44 bits per heavy atom. The molecule has 0 rings (SSSR count). The summed E-state index contributed by atoms with van der Waals surface area (Å²) < 4.78 is 24.4. The van der Waals surface area contributed by atoms with Crippen molar-refractivity contribution in [1.29, 1.82) is 0 Å². The van der Waals surface area contributed by atoms with Crippen LogP contribution >= 0.6 is 0 Å². The Morgan fingerprint density at radius 1 is 0.719 bits per heavy atom. The molecule has 0 heterocycles. The Hall–Kier alpha value is -0.416. The van der Waals surface area contributed by atoms with Crippen LogP contribution in [0.4, 0.5) is 0 Å². The Labute approximate surface area is 200 Å². The third-order valence-corrected chi connectivity index (χ3v) is 13.7. The van der Waals surface area contributed by atoms with Crippen LogP contribution in [0.1, 0.15) is 118 Å². The van der Waals surface area contributed by atoms with Gasteiger partial charge in [0.2, 0.25) is 0 Å². The van der Waals surface area contributed by atoms with Gasteiger partial charge in [0.1, 0.15) is 0 Å². The summed E-state index contributed by atoms with van der Waals surface area (Å²) in [6, 6.07) is 0. The van der Waals surface area contributed by atoms with E-state index in [-0.39, 0.29) is 23.7 Å². The van der Waals surface area contributed by atoms with E-state index in [2.05, 4.69) is 27.0 Å². The van der Waals surface area contributed by atoms with Crippen LogP contribution < -0.4 is 0 Å². The van der Waals surface area contributed by atoms with Crippen LogP contribution in [-0.4, -0.2) is 17.3 Å². The van der Waals surface area contributed by atoms with Gasteiger partial charge in [-0.3, -0.25) is 0 Å². The van der Waals surface area contributed by atoms with Gasteiger partial charge in [-0.15, -0.1) is 0 Å². The minimum absolute atomic E-state index is 0.0553. The zero-order chi connectivity index (χ0) is 24.3. The predicted molar refractivity (Wildman–Crippen MR) is 133 cm³/mol. The first kappa shape index (κ1) is 31.6. The fourth-order valence-corrected chi connectivity index (χ4v) is 9.14. The van der Waals surface area contributed by atoms with Crippen LogP contribution in [0.2, 0.25) is 4.22 Å². The molecule has 0 spiro atoms. The quantitative estimate of drug-likeness (QED) is 0.0820. The van der Waals surface area contributed by atoms with Gasteiger partial charge < -0.3 is 0 Å². The number of unbranched alkanes of at least 4 members (excludes halogenated alkanes) is 11. The minimum atomic E-state index is -5.47. The second-order valence-electron chi connectivity index (χ2n) is 10.0. The average molecular weight is 489 g/mol. The Bertz CT molecular complexity index is 564. The molecular weight excluding hydrogens is 436 g/mol. The molecule has 0 N–H and O–H groups in total. The molecule has 0 amide bonds. The van der Waals surface area contributed by atoms with Crippen LogP contribution in [0.3, 0.4) is 0 Å². The second-order valence-corrected chi connectivity index (χ2v) is 16.9. The fourth-order valence-electron chi connectivity index (χ4n) is 4.12. The van der Waals surface area contributed by atoms with Gasteiger partial charge in [0, 0.05) is 0 Å². The van der Waals surface area contributed by atoms with E-state index in [1.807, 2.05) is 0 Å². The number of hydrogen-bond donors (Lipinski definition) is 0. The van der Waals surface area contributed by atoms with Gasteiger partial charge in [0.25, 0.3) is 0 Å². The molecule has 0 bridgehead atoms. The molecule has 188 valence electrons. The van der Waals surface area contributed by atoms with Crippen LogP contribution in [0.25, 0.3) is 0 Å². The first-order valence-electron chi connectivity index (χ1n) is 13.1. The molecule has 0 aliphatic carbocycles. The Morgan fingerprint density at radius 2 is 1.09 bits per heavy atom. The number of carbonyl (C=O) groups excluding carboxylic acids is 1. The van der Waals surface area contributed by atoms with Crippen molar-refractivity contribution in [2.45, 2.75) is 122 Å². The Balaban J connectivity index is 4.07. The number of carbonyl (C=O) groups is 1. The summed E-state index contributed by atoms with van der Waals surface area (Å²) in [6.45, 7) is 15.5. The SMILES string of the molecule is C=CC[O][Ti](=[O])([O]CC=C)([C](=O)CCCCCCCCCCCCCCC(C)C)[CH](C)C. The van der Waals surface area contributed by atoms with Gasteiger partial charge in [-0.05, 0) is 5.92 Å². The van der Waals surface area contributed by atoms with E-state index in [1.54, 1.807) is 13.8 Å². The molecule has 0 aromatic heterocycles. The summed E-state index contributed by atoms with van der Waals surface area (Å²) >= 11 is -5.47. The van der Waals surface area contributed by atoms with Gasteiger partial charge in [-0.25, -0.2) is 0 Å². The van der Waals surface area contributed by atoms with Crippen molar-refractivity contribution in [2.24, 2.45) is 5.92 Å². The third kappa shape index (κ3) is 12.2. The van der Waals surface area contributed by atoms with E-state index >= 15 is 0 Å². The molecule has 0 saturated heterocycles. The first-order chi connectivity index (χ1) is 15.2. The fraction of sp³-hybridized carbons (Fsp3) is 0.815. The summed E-state index contributed by atoms with van der Waals surface area (Å²) in [4.78, 5) is 13.0. The molecule has 0 aliphatic heterocycles. The van der Waals surface area contributed by atoms with E-state index in [1.165, 1.54) is 76.4 Å². The topological polar surface area (TPSA) is 52.6 Å². The van der Waals surface area contributed by atoms with E-state index in [9.17, 15) is 8.12 Å². The molecule has 0 fully saturated rings. The van der Waals surface area contributed by atoms with Gasteiger partial charge >= 0.3 is 162 Å². The number of hydrogen-bond acceptors (Lipinski definition) is 4. The summed E-state index contributed by atoms with van der Waals surface area (Å²) in [6.07, 6.45) is 19.5. The zero-order valence-electron chi connectivity index (χ0n) is 21.7. The molecule has 5 heteroatoms. The summed E-state index contributed by atoms with van der Waals surface area (Å²) in [7, 11) is 0. The maximum absolute atomic E-state index is 13.9. The van der Waals surface area contributed by atoms with Crippen LogP contribution in [0, 0.1) is 5.92 Å². The zero-order valence-corrected chi connectivity index (χ0v) is 23.2. The third-order valence-electron chi connectivity index (χ3n) is 6.38. The van der Waals surface area contributed by atoms with Gasteiger partial charge in [-0.2, -0.15) is 0 Å². The van der Waals surface area contributed by atoms with Crippen molar-refractivity contribution >= 4 is 4.09 Å². The van der Waals surface area contributed by atoms with Crippen molar-refractivity contribution in [1.82, 2.24) is 0 Å². The predicted octanol–water partition coefficient (Wildman–Crippen LogP) is 8.73. The molecule has 0 unspecified atom stereocenters. The average Bonchev–Trinajstić information content (AvgIpc) is 2.76. The molecule has 0 saturated carbocycles. The van der Waals surface area contributed by atoms with Gasteiger partial charge in [0.15, 0.2) is 0 Å². The van der Waals surface area contributed by atoms with Crippen molar-refractivity contribution < 1.29 is 30.8 Å². The molecule has 0 aliphatic rings. The molecule has 32 heavy (non-hydrogen) atoms. The van der Waals surface area contributed by atoms with Gasteiger partial charge in [0.05, 0.1) is 0 Å². The van der Waals surface area contributed by atoms with Crippen LogP contribution in [0.5, 0.6) is 0 Å². The molecule has 0 aromatic rings. The van der Waals surface area contributed by atoms with Crippen molar-refractivity contribution in [2.75, 3.05) is 13.2 Å². The normalized spacial score (nSPS) is 12.5. The van der Waals surface area contributed by atoms with E-state index < -0.39 is 20.3 Å². The van der Waals surface area contributed by atoms with Crippen molar-refractivity contribution in [3.63, 3.8) is 0 Å². The van der Waals surface area contributed by atoms with Crippen LogP contribution in [-0.2, 0) is 30.8 Å². The first-order valence-corrected chi connectivity index (χ1v) is 16.7. The van der Waals surface area contributed by atoms with Gasteiger partial charge in [-0.1, -0.05) is 33.1 Å². The molecule has 4 nitrogen and oxygen atoms in total. The number of rotatable bonds is 23. The summed E-state index contributed by atoms with van der Waals surface area (Å²) in [5, 5.41) is 0. The molecule has 0 radical (unpaired) electrons. The van der Waals surface area contributed by atoms with E-state index in [0.29, 0.717) is 0 Å². The van der Waals surface area contributed by atoms with Crippen molar-refractivity contribution in [3.8, 4) is 0 Å². The molecule has 0 aromatic carbocycles. The molecule has 0 atom stereocenters. The monoisotopic (exact) mass is 488 g/mol. The summed E-state index contributed by atoms with van der Waals surface area (Å²) in [5.41, 5.74) is 0.